The van der Waals surface area contributed by atoms with Crippen LogP contribution in [0.15, 0.2) is 12.1 Å². The molecule has 0 aromatic heterocycles. The van der Waals surface area contributed by atoms with Crippen LogP contribution >= 0.6 is 0 Å². The zero-order valence-electron chi connectivity index (χ0n) is 26.4. The van der Waals surface area contributed by atoms with E-state index in [1.807, 2.05) is 47.6 Å². The molecular weight excluding hydrogens is 508 g/mol. The van der Waals surface area contributed by atoms with E-state index in [1.54, 1.807) is 19.9 Å². The van der Waals surface area contributed by atoms with E-state index in [9.17, 15) is 9.59 Å². The standard InChI is InChI=1S/C17H26O4.C16H24O3/c1-6-10-13-14(12(5)18)11-15(19-7-2)17(21-9-4)16(13)20-8-3;1-6-9-13-14(12(5)17)10-15(18-7-2)11(4)16(13)19-8-3/h11H,6-10H2,1-5H3;10H,6-9H2,1-5H3. The van der Waals surface area contributed by atoms with Crippen molar-refractivity contribution in [3.05, 3.63) is 39.9 Å². The SMILES string of the molecule is CCCc1c(C(C)=O)cc(OCC)c(C)c1OCC.CCCc1c(C(C)=O)cc(OCC)c(OCC)c1OCC. The molecule has 0 radical (unpaired) electrons. The monoisotopic (exact) mass is 558 g/mol. The highest BCUT2D eigenvalue weighted by molar-refractivity contribution is 5.98. The summed E-state index contributed by atoms with van der Waals surface area (Å²) in [5, 5.41) is 0. The van der Waals surface area contributed by atoms with Gasteiger partial charge in [-0.1, -0.05) is 26.7 Å². The first-order chi connectivity index (χ1) is 19.2. The van der Waals surface area contributed by atoms with E-state index >= 15 is 0 Å². The van der Waals surface area contributed by atoms with Crippen LogP contribution in [0.1, 0.15) is 113 Å². The number of benzene rings is 2. The third kappa shape index (κ3) is 9.17. The summed E-state index contributed by atoms with van der Waals surface area (Å²) < 4.78 is 28.6. The Morgan fingerprint density at radius 1 is 0.550 bits per heavy atom. The van der Waals surface area contributed by atoms with Crippen molar-refractivity contribution in [2.75, 3.05) is 33.0 Å². The average Bonchev–Trinajstić information content (AvgIpc) is 2.91. The molecule has 2 aromatic carbocycles. The number of hydrogen-bond acceptors (Lipinski definition) is 7. The van der Waals surface area contributed by atoms with Crippen molar-refractivity contribution in [2.24, 2.45) is 0 Å². The van der Waals surface area contributed by atoms with Crippen molar-refractivity contribution in [1.29, 1.82) is 0 Å². The lowest BCUT2D eigenvalue weighted by molar-refractivity contribution is 0.100. The minimum Gasteiger partial charge on any atom is -0.493 e. The Labute approximate surface area is 241 Å². The lowest BCUT2D eigenvalue weighted by atomic mass is 9.96. The smallest absolute Gasteiger partial charge is 0.203 e. The molecule has 7 nitrogen and oxygen atoms in total. The predicted octanol–water partition coefficient (Wildman–Crippen LogP) is 7.99. The molecule has 0 saturated carbocycles. The largest absolute Gasteiger partial charge is 0.493 e. The zero-order valence-corrected chi connectivity index (χ0v) is 26.4. The number of hydrogen-bond donors (Lipinski definition) is 0. The summed E-state index contributed by atoms with van der Waals surface area (Å²) in [6, 6.07) is 3.64. The number of carbonyl (C=O) groups excluding carboxylic acids is 2. The van der Waals surface area contributed by atoms with Gasteiger partial charge in [-0.2, -0.15) is 0 Å². The highest BCUT2D eigenvalue weighted by Gasteiger charge is 2.23. The summed E-state index contributed by atoms with van der Waals surface area (Å²) in [6.45, 7) is 21.7. The van der Waals surface area contributed by atoms with Crippen molar-refractivity contribution in [3.63, 3.8) is 0 Å². The Balaban J connectivity index is 0.000000402. The maximum atomic E-state index is 12.0. The molecule has 0 amide bonds. The van der Waals surface area contributed by atoms with Crippen molar-refractivity contribution in [1.82, 2.24) is 0 Å². The third-order valence-corrected chi connectivity index (χ3v) is 6.11. The Hall–Kier alpha value is -3.22. The van der Waals surface area contributed by atoms with Gasteiger partial charge in [0.25, 0.3) is 0 Å². The first kappa shape index (κ1) is 34.8. The van der Waals surface area contributed by atoms with E-state index in [0.29, 0.717) is 55.8 Å². The van der Waals surface area contributed by atoms with Gasteiger partial charge in [-0.05, 0) is 80.4 Å². The summed E-state index contributed by atoms with van der Waals surface area (Å²) in [7, 11) is 0. The van der Waals surface area contributed by atoms with Crippen LogP contribution < -0.4 is 23.7 Å². The second-order valence-corrected chi connectivity index (χ2v) is 9.19. The topological polar surface area (TPSA) is 80.3 Å². The van der Waals surface area contributed by atoms with Gasteiger partial charge in [-0.15, -0.1) is 0 Å². The fourth-order valence-corrected chi connectivity index (χ4v) is 4.55. The quantitative estimate of drug-likeness (QED) is 0.193. The van der Waals surface area contributed by atoms with Crippen LogP contribution in [0.3, 0.4) is 0 Å². The lowest BCUT2D eigenvalue weighted by Crippen LogP contribution is -2.09. The summed E-state index contributed by atoms with van der Waals surface area (Å²) in [5.74, 6) is 3.48. The van der Waals surface area contributed by atoms with Crippen molar-refractivity contribution < 1.29 is 33.3 Å². The van der Waals surface area contributed by atoms with Gasteiger partial charge in [0.05, 0.1) is 33.0 Å². The van der Waals surface area contributed by atoms with Gasteiger partial charge >= 0.3 is 0 Å². The van der Waals surface area contributed by atoms with E-state index in [4.69, 9.17) is 23.7 Å². The van der Waals surface area contributed by atoms with Crippen LogP contribution in [-0.4, -0.2) is 44.6 Å². The molecule has 0 N–H and O–H groups in total. The Morgan fingerprint density at radius 2 is 0.925 bits per heavy atom. The fourth-order valence-electron chi connectivity index (χ4n) is 4.55. The van der Waals surface area contributed by atoms with Gasteiger partial charge in [-0.3, -0.25) is 9.59 Å². The van der Waals surface area contributed by atoms with Gasteiger partial charge in [-0.25, -0.2) is 0 Å². The van der Waals surface area contributed by atoms with Crippen molar-refractivity contribution >= 4 is 11.6 Å². The minimum absolute atomic E-state index is 0.0170. The minimum atomic E-state index is 0.0170. The zero-order chi connectivity index (χ0) is 30.2. The molecule has 2 aromatic rings. The lowest BCUT2D eigenvalue weighted by Gasteiger charge is -2.20. The molecule has 224 valence electrons. The highest BCUT2D eigenvalue weighted by Crippen LogP contribution is 2.43. The second-order valence-electron chi connectivity index (χ2n) is 9.19. The number of ketones is 2. The molecule has 2 rings (SSSR count). The molecule has 0 aliphatic rings. The molecule has 0 aliphatic heterocycles. The van der Waals surface area contributed by atoms with E-state index in [-0.39, 0.29) is 11.6 Å². The van der Waals surface area contributed by atoms with E-state index in [1.165, 1.54) is 0 Å². The molecule has 40 heavy (non-hydrogen) atoms. The maximum absolute atomic E-state index is 12.0. The summed E-state index contributed by atoms with van der Waals surface area (Å²) in [5.41, 5.74) is 4.29. The van der Waals surface area contributed by atoms with E-state index in [0.717, 1.165) is 59.4 Å². The summed E-state index contributed by atoms with van der Waals surface area (Å²) in [4.78, 5) is 23.8. The van der Waals surface area contributed by atoms with Crippen molar-refractivity contribution in [2.45, 2.75) is 94.9 Å². The van der Waals surface area contributed by atoms with Gasteiger partial charge in [0.2, 0.25) is 5.75 Å². The number of rotatable bonds is 16. The van der Waals surface area contributed by atoms with Gasteiger partial charge in [0, 0.05) is 27.8 Å². The number of carbonyl (C=O) groups is 2. The van der Waals surface area contributed by atoms with E-state index in [2.05, 4.69) is 13.8 Å². The summed E-state index contributed by atoms with van der Waals surface area (Å²) >= 11 is 0. The number of Topliss-reactive ketones (excluding diaryl/α,β-unsaturated/α-hetero) is 2. The molecule has 7 heteroatoms. The molecule has 0 heterocycles. The molecular formula is C33H50O7. The van der Waals surface area contributed by atoms with Gasteiger partial charge < -0.3 is 23.7 Å². The highest BCUT2D eigenvalue weighted by atomic mass is 16.5. The van der Waals surface area contributed by atoms with E-state index < -0.39 is 0 Å². The van der Waals surface area contributed by atoms with Crippen LogP contribution in [0, 0.1) is 6.92 Å². The fraction of sp³-hybridized carbons (Fsp3) is 0.576. The third-order valence-electron chi connectivity index (χ3n) is 6.11. The first-order valence-electron chi connectivity index (χ1n) is 14.7. The molecule has 0 saturated heterocycles. The molecule has 0 fully saturated rings. The predicted molar refractivity (Wildman–Crippen MR) is 161 cm³/mol. The van der Waals surface area contributed by atoms with Gasteiger partial charge in [0.15, 0.2) is 23.1 Å². The van der Waals surface area contributed by atoms with Crippen LogP contribution in [0.2, 0.25) is 0 Å². The van der Waals surface area contributed by atoms with Gasteiger partial charge in [0.1, 0.15) is 11.5 Å². The number of ether oxygens (including phenoxy) is 5. The van der Waals surface area contributed by atoms with Crippen molar-refractivity contribution in [3.8, 4) is 28.7 Å². The normalized spacial score (nSPS) is 10.3. The Bertz CT molecular complexity index is 1100. The van der Waals surface area contributed by atoms with Crippen LogP contribution in [0.5, 0.6) is 28.7 Å². The Morgan fingerprint density at radius 3 is 1.35 bits per heavy atom. The van der Waals surface area contributed by atoms with Crippen LogP contribution in [0.4, 0.5) is 0 Å². The van der Waals surface area contributed by atoms with Crippen LogP contribution in [-0.2, 0) is 12.8 Å². The molecule has 0 spiro atoms. The molecule has 0 bridgehead atoms. The van der Waals surface area contributed by atoms with Crippen LogP contribution in [0.25, 0.3) is 0 Å². The molecule has 0 aliphatic carbocycles. The maximum Gasteiger partial charge on any atom is 0.203 e. The average molecular weight is 559 g/mol. The Kier molecular flexibility index (Phi) is 15.8. The summed E-state index contributed by atoms with van der Waals surface area (Å²) in [6.07, 6.45) is 3.53. The molecule has 0 unspecified atom stereocenters. The second kappa shape index (κ2) is 18.2. The first-order valence-corrected chi connectivity index (χ1v) is 14.7. The molecule has 0 atom stereocenters.